The third-order valence-electron chi connectivity index (χ3n) is 2.66. The largest absolute Gasteiger partial charge is 0.495 e. The van der Waals surface area contributed by atoms with Crippen molar-refractivity contribution in [1.82, 2.24) is 10.6 Å². The maximum Gasteiger partial charge on any atom is 0.221 e. The van der Waals surface area contributed by atoms with Crippen molar-refractivity contribution >= 4 is 17.5 Å². The average molecular weight is 271 g/mol. The van der Waals surface area contributed by atoms with E-state index in [9.17, 15) is 4.79 Å². The molecule has 0 aliphatic heterocycles. The Labute approximate surface area is 113 Å². The second kappa shape index (κ2) is 7.24. The van der Waals surface area contributed by atoms with Crippen molar-refractivity contribution in [2.24, 2.45) is 0 Å². The predicted octanol–water partition coefficient (Wildman–Crippen LogP) is 2.14. The summed E-state index contributed by atoms with van der Waals surface area (Å²) in [4.78, 5) is 11.6. The Morgan fingerprint density at radius 3 is 2.78 bits per heavy atom. The molecule has 1 unspecified atom stereocenters. The molecule has 100 valence electrons. The number of hydrogen-bond donors (Lipinski definition) is 2. The van der Waals surface area contributed by atoms with Crippen molar-refractivity contribution in [3.8, 4) is 5.75 Å². The van der Waals surface area contributed by atoms with Crippen molar-refractivity contribution in [2.45, 2.75) is 19.4 Å². The number of nitrogens with one attached hydrogen (secondary N) is 2. The predicted molar refractivity (Wildman–Crippen MR) is 73.1 cm³/mol. The van der Waals surface area contributed by atoms with Crippen LogP contribution in [0, 0.1) is 0 Å². The molecule has 0 aliphatic carbocycles. The molecule has 0 saturated carbocycles. The van der Waals surface area contributed by atoms with Crippen molar-refractivity contribution in [3.63, 3.8) is 0 Å². The Morgan fingerprint density at radius 1 is 1.50 bits per heavy atom. The summed E-state index contributed by atoms with van der Waals surface area (Å²) in [6, 6.07) is 5.43. The fourth-order valence-corrected chi connectivity index (χ4v) is 1.85. The zero-order valence-electron chi connectivity index (χ0n) is 10.9. The van der Waals surface area contributed by atoms with Crippen molar-refractivity contribution in [3.05, 3.63) is 28.8 Å². The van der Waals surface area contributed by atoms with Crippen LogP contribution in [-0.4, -0.2) is 26.6 Å². The van der Waals surface area contributed by atoms with Gasteiger partial charge in [-0.1, -0.05) is 17.7 Å². The van der Waals surface area contributed by atoms with E-state index in [-0.39, 0.29) is 11.9 Å². The van der Waals surface area contributed by atoms with E-state index >= 15 is 0 Å². The molecule has 0 spiro atoms. The molecular formula is C13H19ClN2O2. The molecule has 0 aliphatic rings. The number of benzene rings is 1. The lowest BCUT2D eigenvalue weighted by molar-refractivity contribution is -0.121. The van der Waals surface area contributed by atoms with E-state index in [1.54, 1.807) is 13.2 Å². The molecule has 5 heteroatoms. The van der Waals surface area contributed by atoms with E-state index in [1.165, 1.54) is 0 Å². The zero-order chi connectivity index (χ0) is 13.5. The summed E-state index contributed by atoms with van der Waals surface area (Å²) in [5.41, 5.74) is 0.957. The number of amides is 1. The standard InChI is InChI=1S/C13H19ClN2O2/c1-9(16-13(17)6-7-15-2)10-4-5-12(18-3)11(14)8-10/h4-5,8-9,15H,6-7H2,1-3H3,(H,16,17). The Hall–Kier alpha value is -1.26. The molecule has 1 aromatic rings. The van der Waals surface area contributed by atoms with Crippen LogP contribution in [0.5, 0.6) is 5.75 Å². The molecule has 1 aromatic carbocycles. The van der Waals surface area contributed by atoms with Gasteiger partial charge in [-0.25, -0.2) is 0 Å². The highest BCUT2D eigenvalue weighted by atomic mass is 35.5. The summed E-state index contributed by atoms with van der Waals surface area (Å²) in [6.07, 6.45) is 0.463. The third kappa shape index (κ3) is 4.20. The molecule has 0 radical (unpaired) electrons. The van der Waals surface area contributed by atoms with E-state index in [0.717, 1.165) is 5.56 Å². The van der Waals surface area contributed by atoms with Crippen molar-refractivity contribution < 1.29 is 9.53 Å². The van der Waals surface area contributed by atoms with Gasteiger partial charge in [-0.15, -0.1) is 0 Å². The van der Waals surface area contributed by atoms with E-state index < -0.39 is 0 Å². The van der Waals surface area contributed by atoms with Gasteiger partial charge in [-0.3, -0.25) is 4.79 Å². The molecule has 1 rings (SSSR count). The first-order valence-corrected chi connectivity index (χ1v) is 6.23. The number of ether oxygens (including phenoxy) is 1. The van der Waals surface area contributed by atoms with E-state index in [2.05, 4.69) is 10.6 Å². The minimum absolute atomic E-state index is 0.0174. The first-order valence-electron chi connectivity index (χ1n) is 5.86. The van der Waals surface area contributed by atoms with Crippen molar-refractivity contribution in [1.29, 1.82) is 0 Å². The molecular weight excluding hydrogens is 252 g/mol. The highest BCUT2D eigenvalue weighted by molar-refractivity contribution is 6.32. The Morgan fingerprint density at radius 2 is 2.22 bits per heavy atom. The van der Waals surface area contributed by atoms with Crippen LogP contribution < -0.4 is 15.4 Å². The van der Waals surface area contributed by atoms with Crippen LogP contribution in [0.2, 0.25) is 5.02 Å². The first-order chi connectivity index (χ1) is 8.58. The second-order valence-electron chi connectivity index (χ2n) is 4.04. The molecule has 4 nitrogen and oxygen atoms in total. The monoisotopic (exact) mass is 270 g/mol. The van der Waals surface area contributed by atoms with Gasteiger partial charge in [0, 0.05) is 13.0 Å². The van der Waals surface area contributed by atoms with Gasteiger partial charge in [0.05, 0.1) is 18.2 Å². The average Bonchev–Trinajstić information content (AvgIpc) is 2.36. The Balaban J connectivity index is 2.63. The summed E-state index contributed by atoms with van der Waals surface area (Å²) in [6.45, 7) is 2.59. The van der Waals surface area contributed by atoms with E-state index in [4.69, 9.17) is 16.3 Å². The van der Waals surface area contributed by atoms with Gasteiger partial charge < -0.3 is 15.4 Å². The van der Waals surface area contributed by atoms with Crippen LogP contribution >= 0.6 is 11.6 Å². The third-order valence-corrected chi connectivity index (χ3v) is 2.95. The van der Waals surface area contributed by atoms with Crippen LogP contribution in [0.3, 0.4) is 0 Å². The molecule has 0 heterocycles. The molecule has 0 saturated heterocycles. The number of rotatable bonds is 6. The van der Waals surface area contributed by atoms with Crippen LogP contribution in [0.4, 0.5) is 0 Å². The lowest BCUT2D eigenvalue weighted by atomic mass is 10.1. The minimum atomic E-state index is -0.0715. The first kappa shape index (κ1) is 14.8. The Kier molecular flexibility index (Phi) is 5.95. The summed E-state index contributed by atoms with van der Waals surface area (Å²) in [5, 5.41) is 6.40. The molecule has 1 amide bonds. The normalized spacial score (nSPS) is 12.0. The van der Waals surface area contributed by atoms with Crippen LogP contribution in [0.25, 0.3) is 0 Å². The number of methoxy groups -OCH3 is 1. The van der Waals surface area contributed by atoms with Crippen LogP contribution in [0.15, 0.2) is 18.2 Å². The van der Waals surface area contributed by atoms with Gasteiger partial charge in [-0.05, 0) is 31.7 Å². The Bertz CT molecular complexity index is 410. The summed E-state index contributed by atoms with van der Waals surface area (Å²) >= 11 is 6.05. The fraction of sp³-hybridized carbons (Fsp3) is 0.462. The van der Waals surface area contributed by atoms with E-state index in [0.29, 0.717) is 23.7 Å². The van der Waals surface area contributed by atoms with Gasteiger partial charge in [0.15, 0.2) is 0 Å². The smallest absolute Gasteiger partial charge is 0.221 e. The quantitative estimate of drug-likeness (QED) is 0.833. The number of hydrogen-bond acceptors (Lipinski definition) is 3. The van der Waals surface area contributed by atoms with Gasteiger partial charge in [0.25, 0.3) is 0 Å². The van der Waals surface area contributed by atoms with E-state index in [1.807, 2.05) is 26.1 Å². The van der Waals surface area contributed by atoms with Gasteiger partial charge in [0.2, 0.25) is 5.91 Å². The van der Waals surface area contributed by atoms with Gasteiger partial charge in [0.1, 0.15) is 5.75 Å². The highest BCUT2D eigenvalue weighted by Gasteiger charge is 2.11. The topological polar surface area (TPSA) is 50.4 Å². The SMILES string of the molecule is CNCCC(=O)NC(C)c1ccc(OC)c(Cl)c1. The summed E-state index contributed by atoms with van der Waals surface area (Å²) in [5.74, 6) is 0.651. The fourth-order valence-electron chi connectivity index (χ4n) is 1.59. The molecule has 1 atom stereocenters. The highest BCUT2D eigenvalue weighted by Crippen LogP contribution is 2.27. The maximum absolute atomic E-state index is 11.6. The van der Waals surface area contributed by atoms with Gasteiger partial charge >= 0.3 is 0 Å². The molecule has 18 heavy (non-hydrogen) atoms. The van der Waals surface area contributed by atoms with Gasteiger partial charge in [-0.2, -0.15) is 0 Å². The van der Waals surface area contributed by atoms with Crippen LogP contribution in [-0.2, 0) is 4.79 Å². The summed E-state index contributed by atoms with van der Waals surface area (Å²) in [7, 11) is 3.39. The number of carbonyl (C=O) groups is 1. The number of halogens is 1. The second-order valence-corrected chi connectivity index (χ2v) is 4.44. The molecule has 2 N–H and O–H groups in total. The molecule has 0 fully saturated rings. The lowest BCUT2D eigenvalue weighted by Gasteiger charge is -2.15. The minimum Gasteiger partial charge on any atom is -0.495 e. The van der Waals surface area contributed by atoms with Crippen molar-refractivity contribution in [2.75, 3.05) is 20.7 Å². The molecule has 0 aromatic heterocycles. The maximum atomic E-state index is 11.6. The summed E-state index contributed by atoms with van der Waals surface area (Å²) < 4.78 is 5.09. The van der Waals surface area contributed by atoms with Crippen LogP contribution in [0.1, 0.15) is 24.9 Å². The number of carbonyl (C=O) groups excluding carboxylic acids is 1. The molecule has 0 bridgehead atoms. The zero-order valence-corrected chi connectivity index (χ0v) is 11.7. The lowest BCUT2D eigenvalue weighted by Crippen LogP contribution is -2.29.